The zero-order chi connectivity index (χ0) is 16.7. The van der Waals surface area contributed by atoms with E-state index in [4.69, 9.17) is 18.6 Å². The van der Waals surface area contributed by atoms with Crippen molar-refractivity contribution in [1.82, 2.24) is 0 Å². The molecule has 0 radical (unpaired) electrons. The third-order valence-corrected chi connectivity index (χ3v) is 8.65. The van der Waals surface area contributed by atoms with Crippen molar-refractivity contribution in [3.63, 3.8) is 0 Å². The van der Waals surface area contributed by atoms with Gasteiger partial charge in [-0.05, 0) is 38.9 Å². The van der Waals surface area contributed by atoms with Gasteiger partial charge in [0.2, 0.25) is 6.29 Å². The first-order valence-corrected chi connectivity index (χ1v) is 10.3. The van der Waals surface area contributed by atoms with E-state index in [0.29, 0.717) is 6.61 Å². The van der Waals surface area contributed by atoms with Crippen molar-refractivity contribution in [1.29, 1.82) is 0 Å². The van der Waals surface area contributed by atoms with Gasteiger partial charge in [0, 0.05) is 6.92 Å². The highest BCUT2D eigenvalue weighted by Crippen LogP contribution is 2.41. The van der Waals surface area contributed by atoms with Gasteiger partial charge in [0.15, 0.2) is 19.7 Å². The summed E-state index contributed by atoms with van der Waals surface area (Å²) in [7, 11) is -1.91. The summed E-state index contributed by atoms with van der Waals surface area (Å²) in [4.78, 5) is 11.3. The maximum Gasteiger partial charge on any atom is 0.305 e. The summed E-state index contributed by atoms with van der Waals surface area (Å²) in [6.07, 6.45) is -0.755. The number of carbonyl (C=O) groups excluding carboxylic acids is 1. The molecule has 0 aromatic carbocycles. The summed E-state index contributed by atoms with van der Waals surface area (Å²) in [6, 6.07) is 0. The minimum atomic E-state index is -1.91. The quantitative estimate of drug-likeness (QED) is 0.587. The van der Waals surface area contributed by atoms with Crippen molar-refractivity contribution in [2.24, 2.45) is 0 Å². The van der Waals surface area contributed by atoms with E-state index in [1.54, 1.807) is 13.8 Å². The van der Waals surface area contributed by atoms with E-state index in [-0.39, 0.29) is 11.0 Å². The van der Waals surface area contributed by atoms with Crippen molar-refractivity contribution in [2.75, 3.05) is 6.61 Å². The lowest BCUT2D eigenvalue weighted by molar-refractivity contribution is -0.196. The predicted molar refractivity (Wildman–Crippen MR) is 83.4 cm³/mol. The topological polar surface area (TPSA) is 54.0 Å². The Balaban J connectivity index is 2.85. The van der Waals surface area contributed by atoms with Crippen molar-refractivity contribution >= 4 is 14.3 Å². The average molecular weight is 318 g/mol. The molecule has 5 nitrogen and oxygen atoms in total. The van der Waals surface area contributed by atoms with Crippen molar-refractivity contribution in [3.8, 4) is 0 Å². The van der Waals surface area contributed by atoms with Gasteiger partial charge in [-0.2, -0.15) is 0 Å². The molecule has 1 heterocycles. The van der Waals surface area contributed by atoms with E-state index >= 15 is 0 Å². The van der Waals surface area contributed by atoms with Gasteiger partial charge in [0.25, 0.3) is 0 Å². The zero-order valence-corrected chi connectivity index (χ0v) is 15.8. The lowest BCUT2D eigenvalue weighted by Crippen LogP contribution is -2.50. The first-order chi connectivity index (χ1) is 9.19. The van der Waals surface area contributed by atoms with Gasteiger partial charge in [-0.25, -0.2) is 0 Å². The molecule has 0 N–H and O–H groups in total. The van der Waals surface area contributed by atoms with E-state index in [1.807, 2.05) is 6.92 Å². The summed E-state index contributed by atoms with van der Waals surface area (Å²) < 4.78 is 23.1. The number of esters is 1. The molecule has 1 aliphatic heterocycles. The molecule has 0 saturated carbocycles. The molecule has 1 saturated heterocycles. The van der Waals surface area contributed by atoms with Gasteiger partial charge in [0.05, 0.1) is 6.61 Å². The van der Waals surface area contributed by atoms with Gasteiger partial charge < -0.3 is 18.6 Å². The molecule has 0 aliphatic carbocycles. The number of rotatable bonds is 4. The Bertz CT molecular complexity index is 399. The minimum absolute atomic E-state index is 0.106. The Morgan fingerprint density at radius 3 is 2.19 bits per heavy atom. The zero-order valence-electron chi connectivity index (χ0n) is 14.8. The summed E-state index contributed by atoms with van der Waals surface area (Å²) >= 11 is 0. The van der Waals surface area contributed by atoms with Gasteiger partial charge in [-0.1, -0.05) is 20.8 Å². The second kappa shape index (κ2) is 5.65. The third kappa shape index (κ3) is 4.52. The maximum atomic E-state index is 11.3. The molecule has 0 aromatic rings. The summed E-state index contributed by atoms with van der Waals surface area (Å²) in [5.74, 6) is -1.19. The highest BCUT2D eigenvalue weighted by molar-refractivity contribution is 6.74. The van der Waals surface area contributed by atoms with Gasteiger partial charge in [-0.15, -0.1) is 0 Å². The lowest BCUT2D eigenvalue weighted by Gasteiger charge is -2.39. The Morgan fingerprint density at radius 2 is 1.76 bits per heavy atom. The normalized spacial score (nSPS) is 29.5. The van der Waals surface area contributed by atoms with E-state index in [2.05, 4.69) is 33.9 Å². The Morgan fingerprint density at radius 1 is 1.24 bits per heavy atom. The average Bonchev–Trinajstić information content (AvgIpc) is 2.44. The molecule has 1 fully saturated rings. The number of ether oxygens (including phenoxy) is 3. The van der Waals surface area contributed by atoms with Crippen LogP contribution in [0.25, 0.3) is 0 Å². The van der Waals surface area contributed by atoms with Gasteiger partial charge >= 0.3 is 5.97 Å². The SMILES string of the molecule is CC(=O)O[C@H]1OC(C)(C)O[C@@]1(C)CO[Si](C)(C)C(C)(C)C. The highest BCUT2D eigenvalue weighted by atomic mass is 28.4. The van der Waals surface area contributed by atoms with E-state index in [1.165, 1.54) is 6.92 Å². The molecule has 2 atom stereocenters. The molecule has 0 bridgehead atoms. The first-order valence-electron chi connectivity index (χ1n) is 7.38. The van der Waals surface area contributed by atoms with Crippen molar-refractivity contribution in [3.05, 3.63) is 0 Å². The van der Waals surface area contributed by atoms with E-state index < -0.39 is 26.0 Å². The Kier molecular flexibility index (Phi) is 5.00. The van der Waals surface area contributed by atoms with Crippen LogP contribution in [0.5, 0.6) is 0 Å². The Labute approximate surface area is 129 Å². The number of hydrogen-bond acceptors (Lipinski definition) is 5. The van der Waals surface area contributed by atoms with Crippen LogP contribution in [0, 0.1) is 0 Å². The highest BCUT2D eigenvalue weighted by Gasteiger charge is 2.53. The van der Waals surface area contributed by atoms with Crippen LogP contribution in [0.4, 0.5) is 0 Å². The summed E-state index contributed by atoms with van der Waals surface area (Å²) in [5, 5.41) is 0.106. The van der Waals surface area contributed by atoms with Crippen LogP contribution in [-0.4, -0.2) is 38.6 Å². The van der Waals surface area contributed by atoms with Crippen LogP contribution in [0.2, 0.25) is 18.1 Å². The molecule has 1 rings (SSSR count). The minimum Gasteiger partial charge on any atom is -0.433 e. The van der Waals surface area contributed by atoms with Crippen LogP contribution < -0.4 is 0 Å². The van der Waals surface area contributed by atoms with Crippen molar-refractivity contribution in [2.45, 2.75) is 84.3 Å². The van der Waals surface area contributed by atoms with Gasteiger partial charge in [0.1, 0.15) is 0 Å². The molecule has 6 heteroatoms. The van der Waals surface area contributed by atoms with Crippen LogP contribution in [-0.2, 0) is 23.4 Å². The molecule has 124 valence electrons. The fourth-order valence-corrected chi connectivity index (χ4v) is 3.03. The first kappa shape index (κ1) is 18.6. The summed E-state index contributed by atoms with van der Waals surface area (Å²) in [6.45, 7) is 18.1. The molecule has 1 aliphatic rings. The Hall–Kier alpha value is -0.433. The fraction of sp³-hybridized carbons (Fsp3) is 0.933. The molecular formula is C15H30O5Si. The molecule has 0 unspecified atom stereocenters. The maximum absolute atomic E-state index is 11.3. The molecule has 0 spiro atoms. The molecule has 0 amide bonds. The van der Waals surface area contributed by atoms with Crippen LogP contribution in [0.1, 0.15) is 48.5 Å². The lowest BCUT2D eigenvalue weighted by atomic mass is 10.1. The van der Waals surface area contributed by atoms with Crippen LogP contribution in [0.15, 0.2) is 0 Å². The largest absolute Gasteiger partial charge is 0.433 e. The molecule has 21 heavy (non-hydrogen) atoms. The standard InChI is InChI=1S/C15H30O5Si/c1-11(16)18-12-15(7,20-14(5,6)19-12)10-17-21(8,9)13(2,3)4/h12H,10H2,1-9H3/t12-,15-/m0/s1. The third-order valence-electron chi connectivity index (χ3n) is 4.17. The number of carbonyl (C=O) groups is 1. The molecule has 0 aromatic heterocycles. The van der Waals surface area contributed by atoms with Crippen LogP contribution >= 0.6 is 0 Å². The second-order valence-corrected chi connectivity index (χ2v) is 12.7. The smallest absolute Gasteiger partial charge is 0.305 e. The van der Waals surface area contributed by atoms with Crippen LogP contribution in [0.3, 0.4) is 0 Å². The second-order valence-electron chi connectivity index (χ2n) is 7.92. The monoisotopic (exact) mass is 318 g/mol. The predicted octanol–water partition coefficient (Wildman–Crippen LogP) is 3.44. The number of hydrogen-bond donors (Lipinski definition) is 0. The van der Waals surface area contributed by atoms with E-state index in [0.717, 1.165) is 0 Å². The van der Waals surface area contributed by atoms with Crippen molar-refractivity contribution < 1.29 is 23.4 Å². The van der Waals surface area contributed by atoms with Gasteiger partial charge in [-0.3, -0.25) is 4.79 Å². The fourth-order valence-electron chi connectivity index (χ4n) is 1.95. The summed E-state index contributed by atoms with van der Waals surface area (Å²) in [5.41, 5.74) is -0.801. The molecular weight excluding hydrogens is 288 g/mol. The van der Waals surface area contributed by atoms with E-state index in [9.17, 15) is 4.79 Å².